The minimum absolute atomic E-state index is 0.0208. The third-order valence-corrected chi connectivity index (χ3v) is 4.16. The number of aryl methyl sites for hydroxylation is 1. The van der Waals surface area contributed by atoms with Crippen molar-refractivity contribution < 1.29 is 9.18 Å². The summed E-state index contributed by atoms with van der Waals surface area (Å²) in [7, 11) is 0. The highest BCUT2D eigenvalue weighted by atomic mass is 19.1. The first-order chi connectivity index (χ1) is 9.69. The van der Waals surface area contributed by atoms with Crippen LogP contribution in [0.25, 0.3) is 0 Å². The van der Waals surface area contributed by atoms with Crippen LogP contribution in [0.5, 0.6) is 0 Å². The number of carbonyl (C=O) groups excluding carboxylic acids is 1. The van der Waals surface area contributed by atoms with Gasteiger partial charge in [-0.05, 0) is 55.8 Å². The van der Waals surface area contributed by atoms with E-state index >= 15 is 0 Å². The van der Waals surface area contributed by atoms with Crippen molar-refractivity contribution in [3.05, 3.63) is 29.1 Å². The third kappa shape index (κ3) is 2.70. The lowest BCUT2D eigenvalue weighted by molar-refractivity contribution is -0.116. The fourth-order valence-electron chi connectivity index (χ4n) is 2.92. The van der Waals surface area contributed by atoms with Gasteiger partial charge in [0.05, 0.1) is 0 Å². The van der Waals surface area contributed by atoms with Crippen molar-refractivity contribution in [1.82, 2.24) is 5.32 Å². The first-order valence-electron chi connectivity index (χ1n) is 7.54. The summed E-state index contributed by atoms with van der Waals surface area (Å²) in [6.07, 6.45) is 4.60. The molecule has 1 unspecified atom stereocenters. The molecule has 1 aromatic carbocycles. The number of rotatable bonds is 5. The summed E-state index contributed by atoms with van der Waals surface area (Å²) in [5.74, 6) is 0.339. The Labute approximate surface area is 118 Å². The molecule has 1 aliphatic carbocycles. The van der Waals surface area contributed by atoms with E-state index in [2.05, 4.69) is 17.6 Å². The highest BCUT2D eigenvalue weighted by molar-refractivity contribution is 5.93. The van der Waals surface area contributed by atoms with E-state index in [9.17, 15) is 9.18 Å². The Bertz CT molecular complexity index is 525. The molecule has 1 amide bonds. The van der Waals surface area contributed by atoms with E-state index in [-0.39, 0.29) is 17.8 Å². The lowest BCUT2D eigenvalue weighted by Gasteiger charge is -2.23. The van der Waals surface area contributed by atoms with Gasteiger partial charge in [-0.25, -0.2) is 4.39 Å². The Morgan fingerprint density at radius 3 is 2.90 bits per heavy atom. The Balaban J connectivity index is 1.90. The van der Waals surface area contributed by atoms with Crippen molar-refractivity contribution in [3.63, 3.8) is 0 Å². The molecule has 1 heterocycles. The number of carbonyl (C=O) groups is 1. The molecule has 0 bridgehead atoms. The molecule has 4 heteroatoms. The lowest BCUT2D eigenvalue weighted by atomic mass is 9.94. The normalized spacial score (nSPS) is 19.4. The maximum atomic E-state index is 14.4. The summed E-state index contributed by atoms with van der Waals surface area (Å²) in [6.45, 7) is 3.03. The highest BCUT2D eigenvalue weighted by Crippen LogP contribution is 2.42. The largest absolute Gasteiger partial charge is 0.326 e. The van der Waals surface area contributed by atoms with Gasteiger partial charge in [0, 0.05) is 23.7 Å². The predicted octanol–water partition coefficient (Wildman–Crippen LogP) is 3.16. The molecule has 1 fully saturated rings. The SMILES string of the molecule is CCCNC(c1cc2c(cc1F)NC(=O)CC2)C1CC1. The molecule has 0 spiro atoms. The zero-order chi connectivity index (χ0) is 14.1. The number of anilines is 1. The molecule has 3 rings (SSSR count). The van der Waals surface area contributed by atoms with Crippen LogP contribution in [0.15, 0.2) is 12.1 Å². The summed E-state index contributed by atoms with van der Waals surface area (Å²) in [5.41, 5.74) is 2.48. The van der Waals surface area contributed by atoms with Crippen LogP contribution < -0.4 is 10.6 Å². The van der Waals surface area contributed by atoms with Gasteiger partial charge in [0.2, 0.25) is 5.91 Å². The molecule has 2 N–H and O–H groups in total. The average molecular weight is 276 g/mol. The summed E-state index contributed by atoms with van der Waals surface area (Å²) in [4.78, 5) is 11.4. The third-order valence-electron chi connectivity index (χ3n) is 4.16. The van der Waals surface area contributed by atoms with E-state index in [1.165, 1.54) is 18.9 Å². The second-order valence-electron chi connectivity index (χ2n) is 5.85. The monoisotopic (exact) mass is 276 g/mol. The summed E-state index contributed by atoms with van der Waals surface area (Å²) in [5, 5.41) is 6.23. The maximum Gasteiger partial charge on any atom is 0.224 e. The van der Waals surface area contributed by atoms with E-state index in [4.69, 9.17) is 0 Å². The van der Waals surface area contributed by atoms with Crippen molar-refractivity contribution in [2.75, 3.05) is 11.9 Å². The number of nitrogens with one attached hydrogen (secondary N) is 2. The highest BCUT2D eigenvalue weighted by Gasteiger charge is 2.34. The standard InChI is InChI=1S/C16H21FN2O/c1-2-7-18-16(10-3-4-10)12-8-11-5-6-15(20)19-14(11)9-13(12)17/h8-10,16,18H,2-7H2,1H3,(H,19,20). The zero-order valence-corrected chi connectivity index (χ0v) is 11.8. The van der Waals surface area contributed by atoms with E-state index in [1.807, 2.05) is 6.07 Å². The predicted molar refractivity (Wildman–Crippen MR) is 77.1 cm³/mol. The minimum atomic E-state index is -0.202. The zero-order valence-electron chi connectivity index (χ0n) is 11.8. The second kappa shape index (κ2) is 5.52. The van der Waals surface area contributed by atoms with E-state index < -0.39 is 0 Å². The van der Waals surface area contributed by atoms with Crippen molar-refractivity contribution in [1.29, 1.82) is 0 Å². The molecule has 0 aromatic heterocycles. The van der Waals surface area contributed by atoms with Gasteiger partial charge in [-0.2, -0.15) is 0 Å². The van der Waals surface area contributed by atoms with Crippen LogP contribution in [0.1, 0.15) is 49.8 Å². The van der Waals surface area contributed by atoms with Crippen LogP contribution in [-0.4, -0.2) is 12.5 Å². The molecule has 1 saturated carbocycles. The van der Waals surface area contributed by atoms with Crippen molar-refractivity contribution >= 4 is 11.6 Å². The Hall–Kier alpha value is -1.42. The lowest BCUT2D eigenvalue weighted by Crippen LogP contribution is -2.26. The molecule has 1 atom stereocenters. The molecule has 0 radical (unpaired) electrons. The first-order valence-corrected chi connectivity index (χ1v) is 7.54. The van der Waals surface area contributed by atoms with Crippen LogP contribution in [-0.2, 0) is 11.2 Å². The number of fused-ring (bicyclic) bond motifs is 1. The fraction of sp³-hybridized carbons (Fsp3) is 0.562. The van der Waals surface area contributed by atoms with Crippen LogP contribution >= 0.6 is 0 Å². The van der Waals surface area contributed by atoms with Crippen molar-refractivity contribution in [2.45, 2.75) is 45.1 Å². The maximum absolute atomic E-state index is 14.4. The fourth-order valence-corrected chi connectivity index (χ4v) is 2.92. The quantitative estimate of drug-likeness (QED) is 0.867. The topological polar surface area (TPSA) is 41.1 Å². The summed E-state index contributed by atoms with van der Waals surface area (Å²) in [6, 6.07) is 3.57. The van der Waals surface area contributed by atoms with Gasteiger partial charge < -0.3 is 10.6 Å². The minimum Gasteiger partial charge on any atom is -0.326 e. The van der Waals surface area contributed by atoms with Gasteiger partial charge in [0.1, 0.15) is 5.82 Å². The molecule has 0 saturated heterocycles. The van der Waals surface area contributed by atoms with Crippen LogP contribution in [0.3, 0.4) is 0 Å². The van der Waals surface area contributed by atoms with Gasteiger partial charge >= 0.3 is 0 Å². The van der Waals surface area contributed by atoms with E-state index in [0.717, 1.165) is 24.1 Å². The number of hydrogen-bond acceptors (Lipinski definition) is 2. The van der Waals surface area contributed by atoms with Crippen LogP contribution in [0.2, 0.25) is 0 Å². The Kier molecular flexibility index (Phi) is 3.74. The second-order valence-corrected chi connectivity index (χ2v) is 5.85. The van der Waals surface area contributed by atoms with Gasteiger partial charge in [-0.15, -0.1) is 0 Å². The van der Waals surface area contributed by atoms with Crippen molar-refractivity contribution in [3.8, 4) is 0 Å². The van der Waals surface area contributed by atoms with Gasteiger partial charge in [-0.3, -0.25) is 4.79 Å². The smallest absolute Gasteiger partial charge is 0.224 e. The number of benzene rings is 1. The van der Waals surface area contributed by atoms with E-state index in [0.29, 0.717) is 24.4 Å². The Morgan fingerprint density at radius 1 is 1.40 bits per heavy atom. The molecular weight excluding hydrogens is 255 g/mol. The van der Waals surface area contributed by atoms with E-state index in [1.54, 1.807) is 0 Å². The Morgan fingerprint density at radius 2 is 2.20 bits per heavy atom. The summed E-state index contributed by atoms with van der Waals surface area (Å²) >= 11 is 0. The molecule has 2 aliphatic rings. The number of amides is 1. The molecular formula is C16H21FN2O. The number of hydrogen-bond donors (Lipinski definition) is 2. The number of halogens is 1. The molecule has 3 nitrogen and oxygen atoms in total. The molecule has 20 heavy (non-hydrogen) atoms. The van der Waals surface area contributed by atoms with Crippen molar-refractivity contribution in [2.24, 2.45) is 5.92 Å². The van der Waals surface area contributed by atoms with Crippen LogP contribution in [0, 0.1) is 11.7 Å². The first kappa shape index (κ1) is 13.6. The molecule has 108 valence electrons. The van der Waals surface area contributed by atoms with Crippen LogP contribution in [0.4, 0.5) is 10.1 Å². The molecule has 1 aromatic rings. The average Bonchev–Trinajstić information content (AvgIpc) is 3.24. The van der Waals surface area contributed by atoms with Gasteiger partial charge in [-0.1, -0.05) is 6.92 Å². The molecule has 1 aliphatic heterocycles. The summed E-state index contributed by atoms with van der Waals surface area (Å²) < 4.78 is 14.4. The van der Waals surface area contributed by atoms with Gasteiger partial charge in [0.15, 0.2) is 0 Å². The van der Waals surface area contributed by atoms with Gasteiger partial charge in [0.25, 0.3) is 0 Å².